The summed E-state index contributed by atoms with van der Waals surface area (Å²) in [6.45, 7) is 1.03. The van der Waals surface area contributed by atoms with E-state index in [1.165, 1.54) is 11.3 Å². The topological polar surface area (TPSA) is 46.9 Å². The molecule has 0 atom stereocenters. The third-order valence-electron chi connectivity index (χ3n) is 4.21. The summed E-state index contributed by atoms with van der Waals surface area (Å²) in [6.07, 6.45) is 4.17. The summed E-state index contributed by atoms with van der Waals surface area (Å²) < 4.78 is 2.61. The van der Waals surface area contributed by atoms with E-state index in [4.69, 9.17) is 0 Å². The number of aryl methyl sites for hydroxylation is 1. The Morgan fingerprint density at radius 3 is 2.69 bits per heavy atom. The van der Waals surface area contributed by atoms with Gasteiger partial charge in [-0.2, -0.15) is 9.78 Å². The molecule has 26 heavy (non-hydrogen) atoms. The Morgan fingerprint density at radius 2 is 2.00 bits per heavy atom. The van der Waals surface area contributed by atoms with Crippen molar-refractivity contribution in [3.8, 4) is 11.3 Å². The van der Waals surface area contributed by atoms with Crippen molar-refractivity contribution in [3.63, 3.8) is 0 Å². The first-order chi connectivity index (χ1) is 12.7. The average Bonchev–Trinajstić information content (AvgIpc) is 3.32. The maximum Gasteiger partial charge on any atom is 0.288 e. The van der Waals surface area contributed by atoms with E-state index in [1.807, 2.05) is 54.9 Å². The number of unbranched alkanes of at least 4 members (excludes halogenated alkanes) is 2. The van der Waals surface area contributed by atoms with Gasteiger partial charge >= 0.3 is 0 Å². The molecular weight excluding hydrogens is 410 g/mol. The van der Waals surface area contributed by atoms with Gasteiger partial charge in [0, 0.05) is 15.7 Å². The highest BCUT2D eigenvalue weighted by Crippen LogP contribution is 2.24. The average molecular weight is 432 g/mol. The highest BCUT2D eigenvalue weighted by Gasteiger charge is 2.17. The molecule has 2 heterocycles. The van der Waals surface area contributed by atoms with Crippen molar-refractivity contribution in [1.29, 1.82) is 0 Å². The SMILES string of the molecule is CNCCCCCc1cc(-c2ccc(Br)cc2)nn1C(=O)c1cccs1. The van der Waals surface area contributed by atoms with Crippen molar-refractivity contribution >= 4 is 33.2 Å². The van der Waals surface area contributed by atoms with Crippen LogP contribution in [-0.2, 0) is 6.42 Å². The molecule has 6 heteroatoms. The predicted molar refractivity (Wildman–Crippen MR) is 111 cm³/mol. The lowest BCUT2D eigenvalue weighted by atomic mass is 10.1. The van der Waals surface area contributed by atoms with Gasteiger partial charge in [0.15, 0.2) is 0 Å². The Kier molecular flexibility index (Phi) is 6.77. The normalized spacial score (nSPS) is 11.0. The summed E-state index contributed by atoms with van der Waals surface area (Å²) in [5.41, 5.74) is 2.83. The van der Waals surface area contributed by atoms with Crippen molar-refractivity contribution in [2.24, 2.45) is 0 Å². The minimum Gasteiger partial charge on any atom is -0.320 e. The molecule has 0 fully saturated rings. The smallest absolute Gasteiger partial charge is 0.288 e. The quantitative estimate of drug-likeness (QED) is 0.510. The largest absolute Gasteiger partial charge is 0.320 e. The molecule has 0 aliphatic heterocycles. The molecule has 0 amide bonds. The molecule has 0 saturated heterocycles. The van der Waals surface area contributed by atoms with E-state index >= 15 is 0 Å². The first kappa shape index (κ1) is 19.0. The standard InChI is InChI=1S/C20H22BrN3OS/c1-22-12-4-2-3-6-17-14-18(15-8-10-16(21)11-9-15)23-24(17)20(25)19-7-5-13-26-19/h5,7-11,13-14,22H,2-4,6,12H2,1H3. The molecule has 0 unspecified atom stereocenters. The van der Waals surface area contributed by atoms with Crippen molar-refractivity contribution in [2.75, 3.05) is 13.6 Å². The predicted octanol–water partition coefficient (Wildman–Crippen LogP) is 4.99. The number of hydrogen-bond donors (Lipinski definition) is 1. The van der Waals surface area contributed by atoms with Crippen LogP contribution in [0.1, 0.15) is 34.6 Å². The van der Waals surface area contributed by atoms with Crippen LogP contribution in [0.5, 0.6) is 0 Å². The summed E-state index contributed by atoms with van der Waals surface area (Å²) in [5, 5.41) is 9.72. The van der Waals surface area contributed by atoms with Gasteiger partial charge in [-0.1, -0.05) is 40.5 Å². The highest BCUT2D eigenvalue weighted by molar-refractivity contribution is 9.10. The molecule has 2 aromatic heterocycles. The number of carbonyl (C=O) groups is 1. The maximum atomic E-state index is 12.9. The minimum absolute atomic E-state index is 0.0476. The molecule has 4 nitrogen and oxygen atoms in total. The van der Waals surface area contributed by atoms with Crippen LogP contribution < -0.4 is 5.32 Å². The fourth-order valence-electron chi connectivity index (χ4n) is 2.82. The van der Waals surface area contributed by atoms with Gasteiger partial charge in [0.1, 0.15) is 0 Å². The van der Waals surface area contributed by atoms with Crippen molar-refractivity contribution in [2.45, 2.75) is 25.7 Å². The van der Waals surface area contributed by atoms with Crippen LogP contribution in [0, 0.1) is 0 Å². The third kappa shape index (κ3) is 4.69. The van der Waals surface area contributed by atoms with Gasteiger partial charge in [-0.15, -0.1) is 11.3 Å². The first-order valence-corrected chi connectivity index (χ1v) is 10.4. The lowest BCUT2D eigenvalue weighted by Crippen LogP contribution is -2.15. The Balaban J connectivity index is 1.84. The van der Waals surface area contributed by atoms with Crippen molar-refractivity contribution in [3.05, 3.63) is 62.9 Å². The number of hydrogen-bond acceptors (Lipinski definition) is 4. The summed E-state index contributed by atoms with van der Waals surface area (Å²) in [5.74, 6) is -0.0476. The van der Waals surface area contributed by atoms with Gasteiger partial charge in [0.05, 0.1) is 10.6 Å². The van der Waals surface area contributed by atoms with Crippen molar-refractivity contribution in [1.82, 2.24) is 15.1 Å². The fourth-order valence-corrected chi connectivity index (χ4v) is 3.74. The van der Waals surface area contributed by atoms with Gasteiger partial charge in [-0.3, -0.25) is 4.79 Å². The van der Waals surface area contributed by atoms with Crippen LogP contribution >= 0.6 is 27.3 Å². The van der Waals surface area contributed by atoms with E-state index < -0.39 is 0 Å². The Morgan fingerprint density at radius 1 is 1.19 bits per heavy atom. The number of aromatic nitrogens is 2. The molecule has 136 valence electrons. The zero-order valence-corrected chi connectivity index (χ0v) is 17.1. The summed E-state index contributed by atoms with van der Waals surface area (Å²) in [6, 6.07) is 13.8. The van der Waals surface area contributed by atoms with Gasteiger partial charge < -0.3 is 5.32 Å². The number of nitrogens with zero attached hydrogens (tertiary/aromatic N) is 2. The van der Waals surface area contributed by atoms with Crippen LogP contribution in [0.25, 0.3) is 11.3 Å². The van der Waals surface area contributed by atoms with E-state index in [0.717, 1.165) is 53.7 Å². The van der Waals surface area contributed by atoms with Gasteiger partial charge in [0.25, 0.3) is 5.91 Å². The molecule has 3 aromatic rings. The number of nitrogens with one attached hydrogen (secondary N) is 1. The number of carbonyl (C=O) groups excluding carboxylic acids is 1. The molecule has 0 bridgehead atoms. The Hall–Kier alpha value is -1.76. The zero-order valence-electron chi connectivity index (χ0n) is 14.7. The van der Waals surface area contributed by atoms with E-state index in [0.29, 0.717) is 4.88 Å². The van der Waals surface area contributed by atoms with Crippen LogP contribution in [0.4, 0.5) is 0 Å². The van der Waals surface area contributed by atoms with Gasteiger partial charge in [0.2, 0.25) is 0 Å². The molecule has 0 saturated carbocycles. The van der Waals surface area contributed by atoms with Gasteiger partial charge in [-0.05, 0) is 62.5 Å². The number of rotatable bonds is 8. The summed E-state index contributed by atoms with van der Waals surface area (Å²) in [7, 11) is 1.97. The first-order valence-electron chi connectivity index (χ1n) is 8.76. The minimum atomic E-state index is -0.0476. The summed E-state index contributed by atoms with van der Waals surface area (Å²) >= 11 is 4.91. The number of benzene rings is 1. The zero-order chi connectivity index (χ0) is 18.4. The van der Waals surface area contributed by atoms with E-state index in [1.54, 1.807) is 4.68 Å². The molecule has 0 aliphatic carbocycles. The highest BCUT2D eigenvalue weighted by atomic mass is 79.9. The van der Waals surface area contributed by atoms with E-state index in [9.17, 15) is 4.79 Å². The number of thiophene rings is 1. The lowest BCUT2D eigenvalue weighted by molar-refractivity contribution is 0.0946. The molecule has 0 radical (unpaired) electrons. The Bertz CT molecular complexity index is 841. The molecule has 3 rings (SSSR count). The monoisotopic (exact) mass is 431 g/mol. The summed E-state index contributed by atoms with van der Waals surface area (Å²) in [4.78, 5) is 13.6. The number of halogens is 1. The van der Waals surface area contributed by atoms with Crippen LogP contribution in [0.2, 0.25) is 0 Å². The third-order valence-corrected chi connectivity index (χ3v) is 5.59. The fraction of sp³-hybridized carbons (Fsp3) is 0.300. The molecular formula is C20H22BrN3OS. The van der Waals surface area contributed by atoms with Crippen LogP contribution in [-0.4, -0.2) is 29.3 Å². The lowest BCUT2D eigenvalue weighted by Gasteiger charge is -2.05. The second-order valence-corrected chi connectivity index (χ2v) is 8.00. The maximum absolute atomic E-state index is 12.9. The second-order valence-electron chi connectivity index (χ2n) is 6.14. The van der Waals surface area contributed by atoms with E-state index in [2.05, 4.69) is 26.3 Å². The molecule has 1 aromatic carbocycles. The van der Waals surface area contributed by atoms with Gasteiger partial charge in [-0.25, -0.2) is 0 Å². The Labute approximate surface area is 166 Å². The van der Waals surface area contributed by atoms with E-state index in [-0.39, 0.29) is 5.91 Å². The molecule has 1 N–H and O–H groups in total. The van der Waals surface area contributed by atoms with Crippen molar-refractivity contribution < 1.29 is 4.79 Å². The second kappa shape index (κ2) is 9.26. The van der Waals surface area contributed by atoms with Crippen LogP contribution in [0.3, 0.4) is 0 Å². The molecule has 0 aliphatic rings. The van der Waals surface area contributed by atoms with Crippen LogP contribution in [0.15, 0.2) is 52.3 Å². The molecule has 0 spiro atoms.